The lowest BCUT2D eigenvalue weighted by molar-refractivity contribution is -0.120. The summed E-state index contributed by atoms with van der Waals surface area (Å²) >= 11 is 0. The van der Waals surface area contributed by atoms with Gasteiger partial charge >= 0.3 is 0 Å². The van der Waals surface area contributed by atoms with E-state index in [1.54, 1.807) is 25.2 Å². The van der Waals surface area contributed by atoms with Gasteiger partial charge in [0.1, 0.15) is 5.82 Å². The number of rotatable bonds is 5. The summed E-state index contributed by atoms with van der Waals surface area (Å²) in [6, 6.07) is 6.55. The van der Waals surface area contributed by atoms with E-state index < -0.39 is 0 Å². The van der Waals surface area contributed by atoms with E-state index in [1.165, 1.54) is 6.07 Å². The molecular weight excluding hydrogens is 207 g/mol. The van der Waals surface area contributed by atoms with Crippen molar-refractivity contribution in [2.45, 2.75) is 19.4 Å². The fraction of sp³-hybridized carbons (Fsp3) is 0.417. The Morgan fingerprint density at radius 3 is 2.75 bits per heavy atom. The summed E-state index contributed by atoms with van der Waals surface area (Å²) in [6.45, 7) is 2.41. The van der Waals surface area contributed by atoms with Crippen molar-refractivity contribution in [1.29, 1.82) is 0 Å². The van der Waals surface area contributed by atoms with Crippen LogP contribution in [-0.2, 0) is 4.79 Å². The van der Waals surface area contributed by atoms with Crippen LogP contribution in [0.4, 0.5) is 4.39 Å². The number of nitrogens with one attached hydrogen (secondary N) is 2. The van der Waals surface area contributed by atoms with Crippen LogP contribution in [0.15, 0.2) is 24.3 Å². The standard InChI is InChI=1S/C12H17FN2O/c1-9(15-8-7-12(16)14-2)10-5-3-4-6-11(10)13/h3-6,9,15H,7-8H2,1-2H3,(H,14,16)/t9-/m1/s1. The molecule has 3 nitrogen and oxygen atoms in total. The molecule has 0 saturated heterocycles. The highest BCUT2D eigenvalue weighted by Crippen LogP contribution is 2.15. The molecule has 1 rings (SSSR count). The number of hydrogen-bond acceptors (Lipinski definition) is 2. The summed E-state index contributed by atoms with van der Waals surface area (Å²) in [7, 11) is 1.60. The maximum Gasteiger partial charge on any atom is 0.221 e. The molecule has 0 fully saturated rings. The lowest BCUT2D eigenvalue weighted by Gasteiger charge is -2.14. The van der Waals surface area contributed by atoms with Crippen LogP contribution in [-0.4, -0.2) is 19.5 Å². The van der Waals surface area contributed by atoms with Crippen molar-refractivity contribution in [2.75, 3.05) is 13.6 Å². The van der Waals surface area contributed by atoms with Crippen molar-refractivity contribution < 1.29 is 9.18 Å². The van der Waals surface area contributed by atoms with Crippen molar-refractivity contribution in [2.24, 2.45) is 0 Å². The molecule has 1 aromatic rings. The molecule has 0 bridgehead atoms. The summed E-state index contributed by atoms with van der Waals surface area (Å²) in [5, 5.41) is 5.64. The SMILES string of the molecule is CNC(=O)CCN[C@H](C)c1ccccc1F. The molecule has 0 aliphatic heterocycles. The van der Waals surface area contributed by atoms with Crippen LogP contribution in [0, 0.1) is 5.82 Å². The largest absolute Gasteiger partial charge is 0.359 e. The summed E-state index contributed by atoms with van der Waals surface area (Å²) in [5.74, 6) is -0.240. The first-order valence-electron chi connectivity index (χ1n) is 5.33. The fourth-order valence-electron chi connectivity index (χ4n) is 1.46. The first-order valence-corrected chi connectivity index (χ1v) is 5.33. The van der Waals surface area contributed by atoms with E-state index in [9.17, 15) is 9.18 Å². The van der Waals surface area contributed by atoms with Gasteiger partial charge in [0.05, 0.1) is 0 Å². The van der Waals surface area contributed by atoms with Crippen molar-refractivity contribution in [3.8, 4) is 0 Å². The second kappa shape index (κ2) is 6.23. The Morgan fingerprint density at radius 2 is 2.12 bits per heavy atom. The summed E-state index contributed by atoms with van der Waals surface area (Å²) < 4.78 is 13.4. The lowest BCUT2D eigenvalue weighted by Crippen LogP contribution is -2.26. The summed E-state index contributed by atoms with van der Waals surface area (Å²) in [4.78, 5) is 11.0. The molecule has 88 valence electrons. The zero-order valence-corrected chi connectivity index (χ0v) is 9.59. The molecule has 0 aliphatic carbocycles. The Balaban J connectivity index is 2.44. The van der Waals surface area contributed by atoms with E-state index in [0.717, 1.165) is 0 Å². The number of benzene rings is 1. The second-order valence-corrected chi connectivity index (χ2v) is 3.62. The quantitative estimate of drug-likeness (QED) is 0.798. The van der Waals surface area contributed by atoms with Gasteiger partial charge < -0.3 is 10.6 Å². The third-order valence-corrected chi connectivity index (χ3v) is 2.45. The molecular formula is C12H17FN2O. The minimum atomic E-state index is -0.220. The number of carbonyl (C=O) groups is 1. The molecule has 0 saturated carbocycles. The van der Waals surface area contributed by atoms with Gasteiger partial charge in [0.2, 0.25) is 5.91 Å². The predicted molar refractivity (Wildman–Crippen MR) is 61.5 cm³/mol. The summed E-state index contributed by atoms with van der Waals surface area (Å²) in [6.07, 6.45) is 0.398. The highest BCUT2D eigenvalue weighted by atomic mass is 19.1. The molecule has 0 unspecified atom stereocenters. The van der Waals surface area contributed by atoms with Crippen LogP contribution in [0.5, 0.6) is 0 Å². The summed E-state index contributed by atoms with van der Waals surface area (Å²) in [5.41, 5.74) is 0.624. The van der Waals surface area contributed by atoms with E-state index in [2.05, 4.69) is 10.6 Å². The highest BCUT2D eigenvalue weighted by Gasteiger charge is 2.09. The minimum absolute atomic E-state index is 0.0202. The minimum Gasteiger partial charge on any atom is -0.359 e. The van der Waals surface area contributed by atoms with Gasteiger partial charge in [-0.05, 0) is 13.0 Å². The van der Waals surface area contributed by atoms with Crippen molar-refractivity contribution in [3.63, 3.8) is 0 Å². The van der Waals surface area contributed by atoms with Crippen molar-refractivity contribution in [3.05, 3.63) is 35.6 Å². The Kier molecular flexibility index (Phi) is 4.92. The maximum atomic E-state index is 13.4. The smallest absolute Gasteiger partial charge is 0.221 e. The average molecular weight is 224 g/mol. The van der Waals surface area contributed by atoms with Crippen LogP contribution in [0.3, 0.4) is 0 Å². The zero-order valence-electron chi connectivity index (χ0n) is 9.59. The van der Waals surface area contributed by atoms with Gasteiger partial charge in [-0.3, -0.25) is 4.79 Å². The highest BCUT2D eigenvalue weighted by molar-refractivity contribution is 5.75. The third-order valence-electron chi connectivity index (χ3n) is 2.45. The van der Waals surface area contributed by atoms with Crippen LogP contribution in [0.1, 0.15) is 24.9 Å². The van der Waals surface area contributed by atoms with E-state index in [4.69, 9.17) is 0 Å². The van der Waals surface area contributed by atoms with E-state index >= 15 is 0 Å². The van der Waals surface area contributed by atoms with Crippen molar-refractivity contribution >= 4 is 5.91 Å². The monoisotopic (exact) mass is 224 g/mol. The zero-order chi connectivity index (χ0) is 12.0. The molecule has 1 amide bonds. The van der Waals surface area contributed by atoms with Gasteiger partial charge in [-0.1, -0.05) is 18.2 Å². The van der Waals surface area contributed by atoms with E-state index in [1.807, 2.05) is 6.92 Å². The third kappa shape index (κ3) is 3.62. The van der Waals surface area contributed by atoms with E-state index in [0.29, 0.717) is 18.5 Å². The van der Waals surface area contributed by atoms with Crippen LogP contribution in [0.2, 0.25) is 0 Å². The van der Waals surface area contributed by atoms with Crippen LogP contribution < -0.4 is 10.6 Å². The van der Waals surface area contributed by atoms with Gasteiger partial charge in [-0.2, -0.15) is 0 Å². The number of halogens is 1. The van der Waals surface area contributed by atoms with Gasteiger partial charge in [0.15, 0.2) is 0 Å². The Labute approximate surface area is 95.0 Å². The van der Waals surface area contributed by atoms with Gasteiger partial charge in [-0.15, -0.1) is 0 Å². The Hall–Kier alpha value is -1.42. The Morgan fingerprint density at radius 1 is 1.44 bits per heavy atom. The predicted octanol–water partition coefficient (Wildman–Crippen LogP) is 1.61. The molecule has 0 radical (unpaired) electrons. The molecule has 1 aromatic carbocycles. The maximum absolute atomic E-state index is 13.4. The average Bonchev–Trinajstić information content (AvgIpc) is 2.29. The molecule has 0 heterocycles. The number of carbonyl (C=O) groups excluding carboxylic acids is 1. The van der Waals surface area contributed by atoms with Crippen LogP contribution in [0.25, 0.3) is 0 Å². The van der Waals surface area contributed by atoms with Gasteiger partial charge in [-0.25, -0.2) is 4.39 Å². The second-order valence-electron chi connectivity index (χ2n) is 3.62. The molecule has 0 spiro atoms. The number of hydrogen-bond donors (Lipinski definition) is 2. The Bertz CT molecular complexity index is 355. The van der Waals surface area contributed by atoms with Crippen molar-refractivity contribution in [1.82, 2.24) is 10.6 Å². The fourth-order valence-corrected chi connectivity index (χ4v) is 1.46. The lowest BCUT2D eigenvalue weighted by atomic mass is 10.1. The molecule has 1 atom stereocenters. The van der Waals surface area contributed by atoms with Gasteiger partial charge in [0, 0.05) is 31.6 Å². The van der Waals surface area contributed by atoms with E-state index in [-0.39, 0.29) is 17.8 Å². The number of amides is 1. The van der Waals surface area contributed by atoms with Crippen LogP contribution >= 0.6 is 0 Å². The van der Waals surface area contributed by atoms with Gasteiger partial charge in [0.25, 0.3) is 0 Å². The molecule has 2 N–H and O–H groups in total. The first-order chi connectivity index (χ1) is 7.65. The molecule has 4 heteroatoms. The first kappa shape index (κ1) is 12.6. The molecule has 16 heavy (non-hydrogen) atoms. The normalized spacial score (nSPS) is 12.2. The molecule has 0 aromatic heterocycles. The molecule has 0 aliphatic rings. The topological polar surface area (TPSA) is 41.1 Å².